The van der Waals surface area contributed by atoms with Crippen LogP contribution in [-0.2, 0) is 39.5 Å². The van der Waals surface area contributed by atoms with Crippen molar-refractivity contribution in [2.75, 3.05) is 38.1 Å². The van der Waals surface area contributed by atoms with Gasteiger partial charge in [0.1, 0.15) is 0 Å². The number of anilines is 7. The molecule has 45 heteroatoms. The Morgan fingerprint density at radius 2 is 0.732 bits per heavy atom. The molecule has 0 bridgehead atoms. The van der Waals surface area contributed by atoms with Crippen LogP contribution in [0.3, 0.4) is 0 Å². The van der Waals surface area contributed by atoms with Crippen LogP contribution in [0.1, 0.15) is 110 Å². The molecule has 2 fully saturated rings. The van der Waals surface area contributed by atoms with E-state index in [0.717, 1.165) is 71.3 Å². The van der Waals surface area contributed by atoms with Crippen molar-refractivity contribution < 1.29 is 168 Å². The molecule has 8 aromatic carbocycles. The molecule has 5 amide bonds. The number of nitrogens with one attached hydrogen (secondary N) is 5. The van der Waals surface area contributed by atoms with Gasteiger partial charge in [-0.2, -0.15) is 65.9 Å². The molecule has 10 N–H and O–H groups in total. The molecule has 0 saturated heterocycles. The van der Waals surface area contributed by atoms with Crippen LogP contribution < -0.4 is 86.5 Å². The minimum Gasteiger partial charge on any atom is -0.870 e. The Labute approximate surface area is 801 Å². The van der Waals surface area contributed by atoms with Crippen LogP contribution in [0.5, 0.6) is 0 Å². The molecule has 8 aromatic rings. The van der Waals surface area contributed by atoms with Crippen molar-refractivity contribution in [1.82, 2.24) is 0 Å². The van der Waals surface area contributed by atoms with E-state index in [0.29, 0.717) is 16.0 Å². The number of carbonyl (C=O) groups is 7. The summed E-state index contributed by atoms with van der Waals surface area (Å²) in [7, 11) is 0. The van der Waals surface area contributed by atoms with Gasteiger partial charge in [0.15, 0.2) is 0 Å². The number of alkyl halides is 17. The molecule has 2 aliphatic carbocycles. The molecule has 18 nitrogen and oxygen atoms in total. The van der Waals surface area contributed by atoms with Gasteiger partial charge in [-0.15, -0.1) is 0 Å². The molecule has 674 valence electrons. The molecule has 3 aliphatic heterocycles. The number of ether oxygens (including phenoxy) is 3. The topological polar surface area (TPSA) is 289 Å². The number of nitrogens with two attached hydrogens (primary N) is 2. The van der Waals surface area contributed by atoms with Gasteiger partial charge in [0.25, 0.3) is 17.2 Å². The third-order valence-corrected chi connectivity index (χ3v) is 19.0. The number of Topliss-reactive ketones (excluding diaryl/α,β-unsaturated/α-hetero) is 2. The number of fused-ring (bicyclic) bond motifs is 3. The maximum atomic E-state index is 13.6. The number of ketones is 2. The average Bonchev–Trinajstić information content (AvgIpc) is 0.803. The molecular formula is C82H68Cl10F15LiN7NaO11. The van der Waals surface area contributed by atoms with Crippen LogP contribution >= 0.6 is 116 Å². The number of amides is 5. The minimum absolute atomic E-state index is 0. The average molecular weight is 2000 g/mol. The number of halogens is 25. The first-order valence-corrected chi connectivity index (χ1v) is 38.8. The van der Waals surface area contributed by atoms with E-state index in [1.807, 2.05) is 41.5 Å². The predicted molar refractivity (Wildman–Crippen MR) is 450 cm³/mol. The van der Waals surface area contributed by atoms with Crippen molar-refractivity contribution in [3.8, 4) is 17.8 Å². The molecule has 0 radical (unpaired) electrons. The number of carbonyl (C=O) groups excluding carboxylic acids is 7. The van der Waals surface area contributed by atoms with Crippen LogP contribution in [0.15, 0.2) is 164 Å². The largest absolute Gasteiger partial charge is 1.00 e. The SMILES string of the molecule is CC(C)(C)C(=O)Nc1ccc(Cl)cc1.CC(C)(C)C(=O)Nc1ccc(Cl)cc1.Cc1ccc(Cl)cc1C(=O)C(F)(F)F.Nc1ccc(Cl)cc1.Nc1ccc(Cl)cc1C(=O)C(F)(F)F.O=C1Nc2ccc(Cl)cc2C(C#CC2CC2)(C(F)(F)F)O1.O=C1Nc2ccc(Cl)cc2C(Cl)(C(F)(F)F)O1.O=C1Nc2ccc(Cl)cc2C(Cl)(C(F)(F)F)O1.[C-]#CC1CC1.[Li+].[Na+].[OH-]. The molecule has 13 rings (SSSR count). The molecule has 2 saturated carbocycles. The number of rotatable bonds is 4. The number of nitrogen functional groups attached to an aromatic ring is 2. The van der Waals surface area contributed by atoms with E-state index in [1.54, 1.807) is 72.8 Å². The van der Waals surface area contributed by atoms with Crippen LogP contribution in [0.4, 0.5) is 120 Å². The Morgan fingerprint density at radius 1 is 0.433 bits per heavy atom. The summed E-state index contributed by atoms with van der Waals surface area (Å²) >= 11 is 55.7. The number of cyclic esters (lactones) is 3. The fraction of sp³-hybridized carbons (Fsp3) is 0.280. The monoisotopic (exact) mass is 1990 g/mol. The Kier molecular flexibility index (Phi) is 43.2. The van der Waals surface area contributed by atoms with E-state index in [2.05, 4.69) is 58.6 Å². The van der Waals surface area contributed by atoms with E-state index in [-0.39, 0.29) is 141 Å². The van der Waals surface area contributed by atoms with Gasteiger partial charge in [-0.25, -0.2) is 14.4 Å². The van der Waals surface area contributed by atoms with E-state index >= 15 is 0 Å². The van der Waals surface area contributed by atoms with Gasteiger partial charge < -0.3 is 54.1 Å². The van der Waals surface area contributed by atoms with Crippen LogP contribution in [0, 0.1) is 53.8 Å². The molecule has 0 aromatic heterocycles. The summed E-state index contributed by atoms with van der Waals surface area (Å²) in [6.07, 6.45) is -17.9. The minimum atomic E-state index is -4.95. The van der Waals surface area contributed by atoms with Gasteiger partial charge in [0, 0.05) is 102 Å². The third kappa shape index (κ3) is 35.0. The molecule has 3 atom stereocenters. The van der Waals surface area contributed by atoms with Crippen LogP contribution in [0.25, 0.3) is 0 Å². The Bertz CT molecular complexity index is 5050. The normalized spacial score (nSPS) is 16.8. The Balaban J connectivity index is 0.000000490. The van der Waals surface area contributed by atoms with E-state index in [9.17, 15) is 99.4 Å². The van der Waals surface area contributed by atoms with Crippen molar-refractivity contribution in [2.24, 2.45) is 22.7 Å². The second-order valence-electron chi connectivity index (χ2n) is 28.3. The number of benzene rings is 8. The van der Waals surface area contributed by atoms with Gasteiger partial charge in [0.05, 0.1) is 22.6 Å². The smallest absolute Gasteiger partial charge is 0.870 e. The van der Waals surface area contributed by atoms with Crippen molar-refractivity contribution in [3.63, 3.8) is 0 Å². The van der Waals surface area contributed by atoms with E-state index in [1.165, 1.54) is 74.4 Å². The summed E-state index contributed by atoms with van der Waals surface area (Å²) in [4.78, 5) is 78.3. The van der Waals surface area contributed by atoms with Crippen molar-refractivity contribution in [3.05, 3.63) is 244 Å². The maximum Gasteiger partial charge on any atom is 1.00 e. The second-order valence-corrected chi connectivity index (χ2v) is 32.8. The van der Waals surface area contributed by atoms with Crippen molar-refractivity contribution in [2.45, 2.75) is 121 Å². The summed E-state index contributed by atoms with van der Waals surface area (Å²) in [5.74, 6) is 3.69. The molecule has 0 spiro atoms. The van der Waals surface area contributed by atoms with Gasteiger partial charge in [-0.3, -0.25) is 35.1 Å². The second kappa shape index (κ2) is 47.7. The van der Waals surface area contributed by atoms with E-state index in [4.69, 9.17) is 134 Å². The first-order chi connectivity index (χ1) is 56.9. The zero-order valence-electron chi connectivity index (χ0n) is 67.2. The maximum absolute atomic E-state index is 13.6. The zero-order chi connectivity index (χ0) is 94.0. The van der Waals surface area contributed by atoms with Crippen molar-refractivity contribution in [1.29, 1.82) is 0 Å². The quantitative estimate of drug-likeness (QED) is 0.0126. The summed E-state index contributed by atoms with van der Waals surface area (Å²) in [5, 5.41) is 8.06. The summed E-state index contributed by atoms with van der Waals surface area (Å²) < 4.78 is 203. The summed E-state index contributed by atoms with van der Waals surface area (Å²) in [6, 6.07) is 39.3. The summed E-state index contributed by atoms with van der Waals surface area (Å²) in [6.45, 7) is 12.7. The van der Waals surface area contributed by atoms with Gasteiger partial charge in [0.2, 0.25) is 11.8 Å². The first kappa shape index (κ1) is 115. The zero-order valence-corrected chi connectivity index (χ0v) is 76.8. The molecule has 127 heavy (non-hydrogen) atoms. The van der Waals surface area contributed by atoms with Crippen LogP contribution in [0.2, 0.25) is 40.2 Å². The predicted octanol–water partition coefficient (Wildman–Crippen LogP) is 21.2. The molecule has 3 heterocycles. The number of hydrogen-bond acceptors (Lipinski definition) is 13. The number of aryl methyl sites for hydroxylation is 1. The Hall–Kier alpha value is -8.02. The van der Waals surface area contributed by atoms with Gasteiger partial charge in [-0.05, 0) is 208 Å². The standard InChI is InChI=1S/C14H9ClF3NO2.2C11H14ClNO.2C9H4Cl2F3NO2.C9H6ClF3O.C8H5ClF3NO.C6H6ClN.C5H5.Li.Na.H2O/c15-9-3-4-11-10(7-9)13(14(16,17)18,21-12(20)19-11)6-5-8-1-2-8;2*1-11(2,3)10(14)13-9-6-4-8(12)5-7-9;2*10-4-1-2-6-5(3-4)8(11,9(12,13)14)17-7(16)15-6;1-5-2-3-6(10)4-7(5)8(14)9(11,12)13;9-4-1-2-6(13)5(3-4)7(14)8(10,11)12;7-5-1-3-6(8)4-2-5;1-2-5-3-4-5;;;/h3-4,7-8H,1-2H2,(H,19,20);2*4-7H,1-3H3,(H,13,14);2*1-3H,(H,15,16);2-4H,1H3;1-3H,13H2;1-4H,8H2;5H,3-4H2;;;1H2/q;;;;;;;;-1;2*+1;/p-1. The molecule has 3 unspecified atom stereocenters. The number of hydrogen-bond donors (Lipinski definition) is 7. The molecule has 5 aliphatic rings. The summed E-state index contributed by atoms with van der Waals surface area (Å²) in [5.41, 5.74) is 6.78. The fourth-order valence-electron chi connectivity index (χ4n) is 9.16. The van der Waals surface area contributed by atoms with Gasteiger partial charge >= 0.3 is 108 Å². The first-order valence-electron chi connectivity index (χ1n) is 35.1. The fourth-order valence-corrected chi connectivity index (χ4v) is 10.8. The van der Waals surface area contributed by atoms with Crippen molar-refractivity contribution >= 4 is 197 Å². The Morgan fingerprint density at radius 3 is 1.05 bits per heavy atom. The van der Waals surface area contributed by atoms with Crippen LogP contribution in [-0.4, -0.2) is 78.0 Å². The van der Waals surface area contributed by atoms with E-state index < -0.39 is 98.7 Å². The van der Waals surface area contributed by atoms with Gasteiger partial charge in [-0.1, -0.05) is 170 Å². The third-order valence-electron chi connectivity index (χ3n) is 16.0. The molecular weight excluding hydrogens is 1930 g/mol.